The lowest BCUT2D eigenvalue weighted by Crippen LogP contribution is -2.08. The summed E-state index contributed by atoms with van der Waals surface area (Å²) in [5.74, 6) is 0. The smallest absolute Gasteiger partial charge is 0.160 e. The van der Waals surface area contributed by atoms with Gasteiger partial charge in [-0.25, -0.2) is 4.98 Å². The van der Waals surface area contributed by atoms with Crippen LogP contribution in [0, 0.1) is 0 Å². The molecule has 0 spiro atoms. The molecule has 2 rings (SSSR count). The Morgan fingerprint density at radius 3 is 2.52 bits per heavy atom. The van der Waals surface area contributed by atoms with Crippen molar-refractivity contribution in [1.29, 1.82) is 0 Å². The third-order valence-corrected chi connectivity index (χ3v) is 3.54. The molecule has 0 saturated heterocycles. The number of rotatable bonds is 4. The van der Waals surface area contributed by atoms with Crippen LogP contribution in [0.5, 0.6) is 0 Å². The lowest BCUT2D eigenvalue weighted by Gasteiger charge is -2.12. The standard InChI is InChI=1S/C10H10N2OS.C4H8.C3H8N2/c1-12(2)9-3-4-11-10-8(9)5-7(6-13)14-10;1-3-4-2;1-4-3-5-2/h3-6H,1-2H3;3H,1,4H2,2H3;3H,1-2H3,(H,4,5). The number of anilines is 1. The van der Waals surface area contributed by atoms with E-state index < -0.39 is 0 Å². The summed E-state index contributed by atoms with van der Waals surface area (Å²) in [5, 5.41) is 3.77. The number of aldehydes is 1. The summed E-state index contributed by atoms with van der Waals surface area (Å²) in [6, 6.07) is 3.83. The summed E-state index contributed by atoms with van der Waals surface area (Å²) in [5.41, 5.74) is 1.10. The number of carbonyl (C=O) groups excluding carboxylic acids is 1. The van der Waals surface area contributed by atoms with Gasteiger partial charge in [0.1, 0.15) is 4.83 Å². The molecule has 0 aliphatic heterocycles. The van der Waals surface area contributed by atoms with Gasteiger partial charge in [0.2, 0.25) is 0 Å². The van der Waals surface area contributed by atoms with E-state index in [9.17, 15) is 4.79 Å². The maximum Gasteiger partial charge on any atom is 0.160 e. The average Bonchev–Trinajstić information content (AvgIpc) is 2.99. The van der Waals surface area contributed by atoms with Crippen molar-refractivity contribution >= 4 is 39.9 Å². The Morgan fingerprint density at radius 2 is 2.13 bits per heavy atom. The number of nitrogens with zero attached hydrogens (tertiary/aromatic N) is 3. The molecule has 2 aromatic rings. The predicted molar refractivity (Wildman–Crippen MR) is 103 cm³/mol. The van der Waals surface area contributed by atoms with Crippen molar-refractivity contribution in [2.24, 2.45) is 4.99 Å². The molecule has 0 saturated carbocycles. The topological polar surface area (TPSA) is 57.6 Å². The van der Waals surface area contributed by atoms with Gasteiger partial charge in [0, 0.05) is 45.5 Å². The largest absolute Gasteiger partial charge is 0.380 e. The van der Waals surface area contributed by atoms with Gasteiger partial charge in [0.05, 0.1) is 11.2 Å². The number of fused-ring (bicyclic) bond motifs is 1. The molecule has 0 bridgehead atoms. The highest BCUT2D eigenvalue weighted by atomic mass is 32.1. The normalized spacial score (nSPS) is 9.43. The Morgan fingerprint density at radius 1 is 1.48 bits per heavy atom. The third kappa shape index (κ3) is 7.56. The van der Waals surface area contributed by atoms with Gasteiger partial charge >= 0.3 is 0 Å². The van der Waals surface area contributed by atoms with Gasteiger partial charge in [-0.05, 0) is 18.6 Å². The van der Waals surface area contributed by atoms with Gasteiger partial charge < -0.3 is 10.2 Å². The van der Waals surface area contributed by atoms with E-state index in [1.54, 1.807) is 19.6 Å². The van der Waals surface area contributed by atoms with E-state index in [-0.39, 0.29) is 0 Å². The molecule has 0 radical (unpaired) electrons. The van der Waals surface area contributed by atoms with Crippen LogP contribution in [0.3, 0.4) is 0 Å². The first-order chi connectivity index (χ1) is 11.0. The molecule has 0 aliphatic carbocycles. The number of aliphatic imine (C=N–C) groups is 1. The van der Waals surface area contributed by atoms with Crippen molar-refractivity contribution in [2.45, 2.75) is 13.3 Å². The monoisotopic (exact) mass is 334 g/mol. The van der Waals surface area contributed by atoms with Crippen LogP contribution >= 0.6 is 11.3 Å². The Balaban J connectivity index is 0.000000450. The van der Waals surface area contributed by atoms with E-state index in [0.717, 1.165) is 33.5 Å². The molecular formula is C17H26N4OS. The lowest BCUT2D eigenvalue weighted by molar-refractivity contribution is 0.112. The van der Waals surface area contributed by atoms with Gasteiger partial charge in [0.15, 0.2) is 6.29 Å². The average molecular weight is 334 g/mol. The molecule has 0 fully saturated rings. The minimum absolute atomic E-state index is 0.724. The van der Waals surface area contributed by atoms with Gasteiger partial charge in [0.25, 0.3) is 0 Å². The van der Waals surface area contributed by atoms with Crippen molar-refractivity contribution < 1.29 is 4.79 Å². The van der Waals surface area contributed by atoms with Gasteiger partial charge in [-0.15, -0.1) is 17.9 Å². The predicted octanol–water partition coefficient (Wildman–Crippen LogP) is 3.62. The van der Waals surface area contributed by atoms with Gasteiger partial charge in [-0.1, -0.05) is 13.0 Å². The molecule has 6 heteroatoms. The number of hydrogen-bond donors (Lipinski definition) is 1. The zero-order valence-corrected chi connectivity index (χ0v) is 15.4. The van der Waals surface area contributed by atoms with E-state index in [0.29, 0.717) is 0 Å². The molecule has 0 atom stereocenters. The van der Waals surface area contributed by atoms with Crippen molar-refractivity contribution in [3.8, 4) is 0 Å². The summed E-state index contributed by atoms with van der Waals surface area (Å²) >= 11 is 1.42. The highest BCUT2D eigenvalue weighted by molar-refractivity contribution is 7.20. The fourth-order valence-electron chi connectivity index (χ4n) is 1.52. The number of nitrogens with one attached hydrogen (secondary N) is 1. The van der Waals surface area contributed by atoms with Crippen LogP contribution in [0.1, 0.15) is 23.0 Å². The number of aromatic nitrogens is 1. The second-order valence-electron chi connectivity index (χ2n) is 4.58. The molecule has 0 amide bonds. The first-order valence-corrected chi connectivity index (χ1v) is 8.07. The van der Waals surface area contributed by atoms with E-state index in [1.165, 1.54) is 11.3 Å². The highest BCUT2D eigenvalue weighted by Crippen LogP contribution is 2.29. The Hall–Kier alpha value is -2.21. The van der Waals surface area contributed by atoms with Gasteiger partial charge in [-0.3, -0.25) is 9.79 Å². The van der Waals surface area contributed by atoms with E-state index in [2.05, 4.69) is 28.8 Å². The van der Waals surface area contributed by atoms with E-state index in [4.69, 9.17) is 0 Å². The molecule has 5 nitrogen and oxygen atoms in total. The van der Waals surface area contributed by atoms with Crippen LogP contribution in [0.25, 0.3) is 10.2 Å². The maximum atomic E-state index is 10.6. The molecule has 2 aromatic heterocycles. The fraction of sp³-hybridized carbons (Fsp3) is 0.353. The van der Waals surface area contributed by atoms with E-state index >= 15 is 0 Å². The number of carbonyl (C=O) groups is 1. The summed E-state index contributed by atoms with van der Waals surface area (Å²) in [6.45, 7) is 5.54. The number of hydrogen-bond acceptors (Lipinski definition) is 5. The molecule has 2 heterocycles. The van der Waals surface area contributed by atoms with Crippen LogP contribution in [-0.4, -0.2) is 45.8 Å². The van der Waals surface area contributed by atoms with E-state index in [1.807, 2.05) is 44.3 Å². The number of thiophene rings is 1. The highest BCUT2D eigenvalue weighted by Gasteiger charge is 2.07. The summed E-state index contributed by atoms with van der Waals surface area (Å²) in [7, 11) is 7.49. The Bertz CT molecular complexity index is 620. The first-order valence-electron chi connectivity index (χ1n) is 7.25. The quantitative estimate of drug-likeness (QED) is 0.401. The minimum Gasteiger partial charge on any atom is -0.380 e. The summed E-state index contributed by atoms with van der Waals surface area (Å²) in [4.78, 5) is 22.1. The SMILES string of the molecule is C=CCC.CN(C)c1ccnc2sc(C=O)cc12.CN=CNC. The molecule has 0 aliphatic rings. The molecule has 0 aromatic carbocycles. The number of pyridine rings is 1. The zero-order chi connectivity index (χ0) is 17.7. The van der Waals surface area contributed by atoms with Gasteiger partial charge in [-0.2, -0.15) is 0 Å². The van der Waals surface area contributed by atoms with Crippen molar-refractivity contribution in [1.82, 2.24) is 10.3 Å². The first kappa shape index (κ1) is 20.8. The van der Waals surface area contributed by atoms with Crippen LogP contribution in [0.15, 0.2) is 36.0 Å². The van der Waals surface area contributed by atoms with Crippen molar-refractivity contribution in [3.05, 3.63) is 35.9 Å². The zero-order valence-electron chi connectivity index (χ0n) is 14.5. The lowest BCUT2D eigenvalue weighted by atomic mass is 10.2. The van der Waals surface area contributed by atoms with Crippen LogP contribution in [-0.2, 0) is 0 Å². The van der Waals surface area contributed by atoms with Crippen LogP contribution < -0.4 is 10.2 Å². The van der Waals surface area contributed by atoms with Crippen molar-refractivity contribution in [2.75, 3.05) is 33.1 Å². The minimum atomic E-state index is 0.724. The second-order valence-corrected chi connectivity index (χ2v) is 5.65. The molecule has 1 N–H and O–H groups in total. The fourth-order valence-corrected chi connectivity index (χ4v) is 2.36. The van der Waals surface area contributed by atoms with Crippen molar-refractivity contribution in [3.63, 3.8) is 0 Å². The molecule has 0 unspecified atom stereocenters. The molecule has 23 heavy (non-hydrogen) atoms. The summed E-state index contributed by atoms with van der Waals surface area (Å²) in [6.07, 6.45) is 7.22. The van der Waals surface area contributed by atoms with Crippen LogP contribution in [0.4, 0.5) is 5.69 Å². The maximum absolute atomic E-state index is 10.6. The Kier molecular flexibility index (Phi) is 11.2. The molecular weight excluding hydrogens is 308 g/mol. The molecule has 126 valence electrons. The number of allylic oxidation sites excluding steroid dienone is 1. The Labute approximate surface area is 142 Å². The second kappa shape index (κ2) is 12.3. The van der Waals surface area contributed by atoms with Crippen LogP contribution in [0.2, 0.25) is 0 Å². The third-order valence-electron chi connectivity index (χ3n) is 2.58. The summed E-state index contributed by atoms with van der Waals surface area (Å²) < 4.78 is 0.